The Balaban J connectivity index is 2.41. The average Bonchev–Trinajstić information content (AvgIpc) is 2.13. The summed E-state index contributed by atoms with van der Waals surface area (Å²) in [5.74, 6) is 0.577. The largest absolute Gasteiger partial charge is 0.327 e. The van der Waals surface area contributed by atoms with E-state index in [1.54, 1.807) is 0 Å². The average molecular weight is 182 g/mol. The fourth-order valence-corrected chi connectivity index (χ4v) is 2.36. The molecule has 10 heavy (non-hydrogen) atoms. The van der Waals surface area contributed by atoms with Crippen molar-refractivity contribution in [3.05, 3.63) is 0 Å². The second-order valence-corrected chi connectivity index (χ2v) is 5.17. The smallest absolute Gasteiger partial charge is 0.206 e. The second kappa shape index (κ2) is 3.36. The SMILES string of the molecule is CC(C)[C@@H]1CN(C)P(Cl)O1. The lowest BCUT2D eigenvalue weighted by atomic mass is 10.1. The van der Waals surface area contributed by atoms with Crippen molar-refractivity contribution in [1.82, 2.24) is 4.67 Å². The summed E-state index contributed by atoms with van der Waals surface area (Å²) in [7, 11) is 1.21. The van der Waals surface area contributed by atoms with E-state index in [9.17, 15) is 0 Å². The number of hydrogen-bond donors (Lipinski definition) is 0. The van der Waals surface area contributed by atoms with Gasteiger partial charge in [-0.2, -0.15) is 0 Å². The molecule has 1 unspecified atom stereocenters. The summed E-state index contributed by atoms with van der Waals surface area (Å²) in [5.41, 5.74) is 0. The lowest BCUT2D eigenvalue weighted by Gasteiger charge is -2.10. The molecule has 2 nitrogen and oxygen atoms in total. The van der Waals surface area contributed by atoms with Gasteiger partial charge in [-0.1, -0.05) is 13.8 Å². The Morgan fingerprint density at radius 1 is 1.70 bits per heavy atom. The van der Waals surface area contributed by atoms with Gasteiger partial charge in [0.1, 0.15) is 0 Å². The van der Waals surface area contributed by atoms with Crippen molar-refractivity contribution >= 4 is 18.9 Å². The van der Waals surface area contributed by atoms with Crippen LogP contribution in [0.1, 0.15) is 13.8 Å². The first-order valence-electron chi connectivity index (χ1n) is 3.45. The highest BCUT2D eigenvalue weighted by Gasteiger charge is 2.31. The molecule has 1 fully saturated rings. The minimum Gasteiger partial charge on any atom is -0.327 e. The fourth-order valence-electron chi connectivity index (χ4n) is 0.883. The topological polar surface area (TPSA) is 12.5 Å². The van der Waals surface area contributed by atoms with Crippen LogP contribution in [0.5, 0.6) is 0 Å². The van der Waals surface area contributed by atoms with Crippen LogP contribution in [0.4, 0.5) is 0 Å². The monoisotopic (exact) mass is 181 g/mol. The summed E-state index contributed by atoms with van der Waals surface area (Å²) in [6.07, 6.45) is 0.341. The van der Waals surface area contributed by atoms with Gasteiger partial charge >= 0.3 is 0 Å². The van der Waals surface area contributed by atoms with Gasteiger partial charge in [0.15, 0.2) is 0 Å². The van der Waals surface area contributed by atoms with Crippen LogP contribution in [-0.4, -0.2) is 24.4 Å². The van der Waals surface area contributed by atoms with Crippen molar-refractivity contribution in [3.63, 3.8) is 0 Å². The molecule has 0 saturated carbocycles. The molecule has 0 spiro atoms. The van der Waals surface area contributed by atoms with Gasteiger partial charge < -0.3 is 4.52 Å². The van der Waals surface area contributed by atoms with Crippen LogP contribution in [0.25, 0.3) is 0 Å². The molecular formula is C6H13ClNOP. The molecule has 0 aromatic rings. The second-order valence-electron chi connectivity index (χ2n) is 2.95. The van der Waals surface area contributed by atoms with Crippen LogP contribution in [0, 0.1) is 5.92 Å². The van der Waals surface area contributed by atoms with Gasteiger partial charge in [-0.15, -0.1) is 0 Å². The van der Waals surface area contributed by atoms with E-state index in [1.165, 1.54) is 0 Å². The molecule has 0 aromatic heterocycles. The Morgan fingerprint density at radius 3 is 2.50 bits per heavy atom. The fraction of sp³-hybridized carbons (Fsp3) is 1.00. The molecule has 0 N–H and O–H groups in total. The number of halogens is 1. The van der Waals surface area contributed by atoms with E-state index in [4.69, 9.17) is 15.8 Å². The van der Waals surface area contributed by atoms with E-state index in [0.717, 1.165) is 6.54 Å². The number of rotatable bonds is 1. The zero-order chi connectivity index (χ0) is 7.72. The summed E-state index contributed by atoms with van der Waals surface area (Å²) in [6, 6.07) is 0. The summed E-state index contributed by atoms with van der Waals surface area (Å²) >= 11 is 5.87. The van der Waals surface area contributed by atoms with Gasteiger partial charge in [-0.3, -0.25) is 0 Å². The van der Waals surface area contributed by atoms with Crippen LogP contribution < -0.4 is 0 Å². The molecule has 1 aliphatic heterocycles. The third-order valence-corrected chi connectivity index (χ3v) is 3.84. The molecule has 1 rings (SSSR count). The lowest BCUT2D eigenvalue weighted by Crippen LogP contribution is -2.20. The van der Waals surface area contributed by atoms with Crippen molar-refractivity contribution < 1.29 is 4.52 Å². The highest BCUT2D eigenvalue weighted by atomic mass is 35.7. The zero-order valence-corrected chi connectivity index (χ0v) is 8.19. The molecule has 0 bridgehead atoms. The Morgan fingerprint density at radius 2 is 2.30 bits per heavy atom. The molecule has 0 radical (unpaired) electrons. The van der Waals surface area contributed by atoms with Crippen molar-refractivity contribution in [2.24, 2.45) is 5.92 Å². The number of nitrogens with zero attached hydrogens (tertiary/aromatic N) is 1. The van der Waals surface area contributed by atoms with Crippen LogP contribution >= 0.6 is 18.9 Å². The molecule has 1 heterocycles. The Bertz CT molecular complexity index is 112. The van der Waals surface area contributed by atoms with E-state index in [0.29, 0.717) is 12.0 Å². The molecule has 0 aromatic carbocycles. The van der Waals surface area contributed by atoms with Crippen molar-refractivity contribution in [2.75, 3.05) is 13.6 Å². The van der Waals surface area contributed by atoms with Gasteiger partial charge in [0.2, 0.25) is 7.65 Å². The lowest BCUT2D eigenvalue weighted by molar-refractivity contribution is 0.198. The summed E-state index contributed by atoms with van der Waals surface area (Å²) < 4.78 is 7.56. The maximum absolute atomic E-state index is 5.87. The van der Waals surface area contributed by atoms with Gasteiger partial charge in [-0.25, -0.2) is 4.67 Å². The van der Waals surface area contributed by atoms with Crippen LogP contribution in [0.15, 0.2) is 0 Å². The minimum atomic E-state index is -0.792. The minimum absolute atomic E-state index is 0.341. The van der Waals surface area contributed by atoms with E-state index >= 15 is 0 Å². The molecule has 60 valence electrons. The van der Waals surface area contributed by atoms with E-state index < -0.39 is 7.65 Å². The number of hydrogen-bond acceptors (Lipinski definition) is 2. The quantitative estimate of drug-likeness (QED) is 0.576. The first-order chi connectivity index (χ1) is 4.61. The number of likely N-dealkylation sites (N-methyl/N-ethyl adjacent to an activating group) is 1. The molecule has 2 atom stereocenters. The van der Waals surface area contributed by atoms with Gasteiger partial charge in [-0.05, 0) is 24.2 Å². The molecule has 1 saturated heterocycles. The normalized spacial score (nSPS) is 35.7. The third kappa shape index (κ3) is 1.82. The maximum atomic E-state index is 5.87. The van der Waals surface area contributed by atoms with Crippen molar-refractivity contribution in [2.45, 2.75) is 20.0 Å². The predicted molar refractivity (Wildman–Crippen MR) is 45.1 cm³/mol. The van der Waals surface area contributed by atoms with Gasteiger partial charge in [0.25, 0.3) is 0 Å². The van der Waals surface area contributed by atoms with Crippen LogP contribution in [-0.2, 0) is 4.52 Å². The first-order valence-corrected chi connectivity index (χ1v) is 5.56. The summed E-state index contributed by atoms with van der Waals surface area (Å²) in [5, 5.41) is 0. The Kier molecular flexibility index (Phi) is 2.93. The molecule has 1 aliphatic rings. The van der Waals surface area contributed by atoms with E-state index in [1.807, 2.05) is 7.05 Å². The highest BCUT2D eigenvalue weighted by molar-refractivity contribution is 7.78. The van der Waals surface area contributed by atoms with Crippen LogP contribution in [0.3, 0.4) is 0 Å². The van der Waals surface area contributed by atoms with Gasteiger partial charge in [0, 0.05) is 6.54 Å². The Hall–Kier alpha value is 0.640. The van der Waals surface area contributed by atoms with Crippen molar-refractivity contribution in [1.29, 1.82) is 0 Å². The first kappa shape index (κ1) is 8.73. The standard InChI is InChI=1S/C6H13ClNOP/c1-5(2)6-4-8(3)10(7)9-6/h5-6H,4H2,1-3H3/t6-,10?/m0/s1. The van der Waals surface area contributed by atoms with Gasteiger partial charge in [0.05, 0.1) is 6.10 Å². The summed E-state index contributed by atoms with van der Waals surface area (Å²) in [4.78, 5) is 0. The predicted octanol–water partition coefficient (Wildman–Crippen LogP) is 2.44. The summed E-state index contributed by atoms with van der Waals surface area (Å²) in [6.45, 7) is 5.29. The molecular weight excluding hydrogens is 168 g/mol. The Labute approximate surface area is 68.2 Å². The third-order valence-electron chi connectivity index (χ3n) is 1.68. The molecule has 0 aliphatic carbocycles. The molecule has 4 heteroatoms. The zero-order valence-electron chi connectivity index (χ0n) is 6.54. The maximum Gasteiger partial charge on any atom is 0.206 e. The van der Waals surface area contributed by atoms with Crippen molar-refractivity contribution in [3.8, 4) is 0 Å². The molecule has 0 amide bonds. The van der Waals surface area contributed by atoms with Crippen LogP contribution in [0.2, 0.25) is 0 Å². The van der Waals surface area contributed by atoms with E-state index in [-0.39, 0.29) is 0 Å². The van der Waals surface area contributed by atoms with E-state index in [2.05, 4.69) is 18.5 Å². The highest BCUT2D eigenvalue weighted by Crippen LogP contribution is 2.52.